The third-order valence-corrected chi connectivity index (χ3v) is 5.04. The molecule has 0 radical (unpaired) electrons. The molecule has 3 atom stereocenters. The molecule has 1 aromatic carbocycles. The summed E-state index contributed by atoms with van der Waals surface area (Å²) in [5, 5.41) is 11.8. The fraction of sp³-hybridized carbons (Fsp3) is 0.421. The fourth-order valence-electron chi connectivity index (χ4n) is 3.66. The van der Waals surface area contributed by atoms with Crippen LogP contribution in [0.2, 0.25) is 0 Å². The number of carboxylic acid groups (broad SMARTS) is 1. The Morgan fingerprint density at radius 2 is 1.86 bits per heavy atom. The van der Waals surface area contributed by atoms with E-state index in [0.29, 0.717) is 19.3 Å². The number of aliphatic carboxylic acids is 1. The van der Waals surface area contributed by atoms with Gasteiger partial charge < -0.3 is 15.3 Å². The lowest BCUT2D eigenvalue weighted by Gasteiger charge is -2.32. The van der Waals surface area contributed by atoms with Gasteiger partial charge in [-0.25, -0.2) is 4.79 Å². The number of carboxylic acids is 1. The van der Waals surface area contributed by atoms with Gasteiger partial charge in [0, 0.05) is 11.6 Å². The smallest absolute Gasteiger partial charge is 0.416 e. The van der Waals surface area contributed by atoms with E-state index in [4.69, 9.17) is 0 Å². The lowest BCUT2D eigenvalue weighted by atomic mass is 10.0. The topological polar surface area (TPSA) is 86.7 Å². The summed E-state index contributed by atoms with van der Waals surface area (Å²) in [6.07, 6.45) is 0.503. The number of rotatable bonds is 3. The Morgan fingerprint density at radius 1 is 1.14 bits per heavy atom. The van der Waals surface area contributed by atoms with Crippen molar-refractivity contribution in [2.24, 2.45) is 0 Å². The highest BCUT2D eigenvalue weighted by Gasteiger charge is 2.43. The first-order valence-corrected chi connectivity index (χ1v) is 8.86. The molecule has 0 saturated carbocycles. The zero-order valence-corrected chi connectivity index (χ0v) is 14.8. The average molecular weight is 396 g/mol. The van der Waals surface area contributed by atoms with Gasteiger partial charge in [0.15, 0.2) is 0 Å². The van der Waals surface area contributed by atoms with Crippen molar-refractivity contribution in [1.29, 1.82) is 0 Å². The van der Waals surface area contributed by atoms with Gasteiger partial charge in [-0.05, 0) is 43.9 Å². The van der Waals surface area contributed by atoms with Crippen LogP contribution < -0.4 is 5.32 Å². The summed E-state index contributed by atoms with van der Waals surface area (Å²) in [7, 11) is 0. The van der Waals surface area contributed by atoms with E-state index in [0.717, 1.165) is 18.2 Å². The minimum atomic E-state index is -4.59. The van der Waals surface area contributed by atoms with E-state index in [9.17, 15) is 32.7 Å². The minimum Gasteiger partial charge on any atom is -0.480 e. The maximum absolute atomic E-state index is 12.9. The molecular formula is C19H19F3N2O4. The van der Waals surface area contributed by atoms with Crippen molar-refractivity contribution >= 4 is 17.8 Å². The minimum absolute atomic E-state index is 0.138. The normalized spacial score (nSPS) is 25.0. The van der Waals surface area contributed by atoms with E-state index >= 15 is 0 Å². The van der Waals surface area contributed by atoms with Crippen LogP contribution in [-0.2, 0) is 15.8 Å². The number of carbonyl (C=O) groups is 3. The fourth-order valence-corrected chi connectivity index (χ4v) is 3.66. The van der Waals surface area contributed by atoms with Gasteiger partial charge in [0.1, 0.15) is 12.1 Å². The number of nitrogens with one attached hydrogen (secondary N) is 1. The second-order valence-corrected chi connectivity index (χ2v) is 6.88. The summed E-state index contributed by atoms with van der Waals surface area (Å²) in [6, 6.07) is 1.65. The van der Waals surface area contributed by atoms with Gasteiger partial charge in [0.05, 0.1) is 5.56 Å². The Kier molecular flexibility index (Phi) is 5.44. The lowest BCUT2D eigenvalue weighted by molar-refractivity contribution is -0.150. The van der Waals surface area contributed by atoms with E-state index in [-0.39, 0.29) is 18.0 Å². The zero-order valence-electron chi connectivity index (χ0n) is 14.8. The number of amides is 2. The number of hydrogen-bond donors (Lipinski definition) is 2. The molecular weight excluding hydrogens is 377 g/mol. The largest absolute Gasteiger partial charge is 0.480 e. The first kappa shape index (κ1) is 19.9. The molecule has 0 aromatic heterocycles. The van der Waals surface area contributed by atoms with Crippen molar-refractivity contribution in [1.82, 2.24) is 10.2 Å². The molecule has 6 nitrogen and oxygen atoms in total. The van der Waals surface area contributed by atoms with Crippen LogP contribution >= 0.6 is 0 Å². The van der Waals surface area contributed by atoms with E-state index in [1.54, 1.807) is 6.08 Å². The third kappa shape index (κ3) is 4.02. The molecule has 9 heteroatoms. The van der Waals surface area contributed by atoms with E-state index in [1.165, 1.54) is 11.0 Å². The van der Waals surface area contributed by atoms with Crippen molar-refractivity contribution in [3.05, 3.63) is 47.5 Å². The number of benzene rings is 1. The van der Waals surface area contributed by atoms with Crippen molar-refractivity contribution in [2.45, 2.75) is 50.0 Å². The molecule has 0 aliphatic carbocycles. The van der Waals surface area contributed by atoms with Crippen molar-refractivity contribution in [3.8, 4) is 0 Å². The predicted octanol–water partition coefficient (Wildman–Crippen LogP) is 2.60. The van der Waals surface area contributed by atoms with Gasteiger partial charge in [-0.3, -0.25) is 9.59 Å². The average Bonchev–Trinajstić information content (AvgIpc) is 3.05. The molecule has 150 valence electrons. The molecule has 2 N–H and O–H groups in total. The molecule has 0 bridgehead atoms. The van der Waals surface area contributed by atoms with Gasteiger partial charge in [0.2, 0.25) is 5.91 Å². The molecule has 2 amide bonds. The van der Waals surface area contributed by atoms with Crippen molar-refractivity contribution < 1.29 is 32.7 Å². The zero-order chi connectivity index (χ0) is 20.5. The second kappa shape index (κ2) is 7.65. The third-order valence-electron chi connectivity index (χ3n) is 5.04. The predicted molar refractivity (Wildman–Crippen MR) is 92.4 cm³/mol. The molecule has 1 fully saturated rings. The van der Waals surface area contributed by atoms with Gasteiger partial charge in [-0.1, -0.05) is 18.2 Å². The number of alkyl halides is 3. The quantitative estimate of drug-likeness (QED) is 0.769. The molecule has 2 aliphatic heterocycles. The summed E-state index contributed by atoms with van der Waals surface area (Å²) in [4.78, 5) is 38.1. The summed E-state index contributed by atoms with van der Waals surface area (Å²) in [6.45, 7) is 0. The molecule has 2 heterocycles. The molecule has 0 spiro atoms. The lowest BCUT2D eigenvalue weighted by Crippen LogP contribution is -2.54. The van der Waals surface area contributed by atoms with Crippen LogP contribution in [0, 0.1) is 0 Å². The van der Waals surface area contributed by atoms with E-state index in [2.05, 4.69) is 5.32 Å². The van der Waals surface area contributed by atoms with Gasteiger partial charge >= 0.3 is 12.1 Å². The Morgan fingerprint density at radius 3 is 2.54 bits per heavy atom. The standard InChI is InChI=1S/C19H19F3N2O4/c20-19(21,22)12-5-3-4-11(10-12)16(25)23-14-7-2-1-6-13-8-9-15(18(27)28)24(13)17(14)26/h1-5,10,13-15H,6-9H2,(H,23,25)(H,27,28)/t13-,14+,15+/m1/s1. The molecule has 1 saturated heterocycles. The molecule has 28 heavy (non-hydrogen) atoms. The SMILES string of the molecule is O=C(N[C@H]1CC=CC[C@@H]2CC[C@@H](C(=O)O)N2C1=O)c1cccc(C(F)(F)F)c1. The van der Waals surface area contributed by atoms with Crippen LogP contribution in [0.3, 0.4) is 0 Å². The Hall–Kier alpha value is -2.84. The Labute approximate surface area is 159 Å². The van der Waals surface area contributed by atoms with Crippen molar-refractivity contribution in [3.63, 3.8) is 0 Å². The summed E-state index contributed by atoms with van der Waals surface area (Å²) >= 11 is 0. The Bertz CT molecular complexity index is 822. The number of carbonyl (C=O) groups excluding carboxylic acids is 2. The number of halogens is 3. The highest BCUT2D eigenvalue weighted by atomic mass is 19.4. The van der Waals surface area contributed by atoms with Crippen LogP contribution in [0.4, 0.5) is 13.2 Å². The number of nitrogens with zero attached hydrogens (tertiary/aromatic N) is 1. The Balaban J connectivity index is 1.81. The van der Waals surface area contributed by atoms with Gasteiger partial charge in [-0.15, -0.1) is 0 Å². The van der Waals surface area contributed by atoms with Crippen LogP contribution in [0.1, 0.15) is 41.6 Å². The summed E-state index contributed by atoms with van der Waals surface area (Å²) < 4.78 is 38.6. The summed E-state index contributed by atoms with van der Waals surface area (Å²) in [5.74, 6) is -2.45. The van der Waals surface area contributed by atoms with E-state index in [1.807, 2.05) is 6.08 Å². The van der Waals surface area contributed by atoms with Crippen molar-refractivity contribution in [2.75, 3.05) is 0 Å². The molecule has 2 aliphatic rings. The monoisotopic (exact) mass is 396 g/mol. The first-order valence-electron chi connectivity index (χ1n) is 8.86. The van der Waals surface area contributed by atoms with E-state index < -0.39 is 41.6 Å². The number of hydrogen-bond acceptors (Lipinski definition) is 3. The second-order valence-electron chi connectivity index (χ2n) is 6.88. The van der Waals surface area contributed by atoms with Gasteiger partial charge in [0.25, 0.3) is 5.91 Å². The molecule has 3 rings (SSSR count). The molecule has 0 unspecified atom stereocenters. The molecule has 1 aromatic rings. The van der Waals surface area contributed by atoms with Crippen LogP contribution in [0.15, 0.2) is 36.4 Å². The number of fused-ring (bicyclic) bond motifs is 1. The van der Waals surface area contributed by atoms with Gasteiger partial charge in [-0.2, -0.15) is 13.2 Å². The maximum atomic E-state index is 12.9. The first-order chi connectivity index (χ1) is 13.2. The highest BCUT2D eigenvalue weighted by molar-refractivity contribution is 5.98. The highest BCUT2D eigenvalue weighted by Crippen LogP contribution is 2.31. The summed E-state index contributed by atoms with van der Waals surface area (Å²) in [5.41, 5.74) is -1.18. The van der Waals surface area contributed by atoms with Crippen LogP contribution in [-0.4, -0.2) is 45.9 Å². The van der Waals surface area contributed by atoms with Crippen LogP contribution in [0.5, 0.6) is 0 Å². The maximum Gasteiger partial charge on any atom is 0.416 e. The van der Waals surface area contributed by atoms with Crippen LogP contribution in [0.25, 0.3) is 0 Å².